The highest BCUT2D eigenvalue weighted by molar-refractivity contribution is 7.20. The van der Waals surface area contributed by atoms with E-state index in [0.29, 0.717) is 23.1 Å². The maximum atomic E-state index is 13.5. The zero-order valence-electron chi connectivity index (χ0n) is 17.8. The van der Waals surface area contributed by atoms with Gasteiger partial charge in [0.15, 0.2) is 0 Å². The average Bonchev–Trinajstić information content (AvgIpc) is 3.14. The Morgan fingerprint density at radius 3 is 2.38 bits per heavy atom. The molecule has 2 aromatic rings. The topological polar surface area (TPSA) is 46.6 Å². The predicted molar refractivity (Wildman–Crippen MR) is 119 cm³/mol. The normalized spacial score (nSPS) is 19.2. The van der Waals surface area contributed by atoms with Gasteiger partial charge in [0.25, 0.3) is 0 Å². The summed E-state index contributed by atoms with van der Waals surface area (Å²) in [6.07, 6.45) is 4.03. The van der Waals surface area contributed by atoms with Gasteiger partial charge in [0.2, 0.25) is 5.91 Å². The number of esters is 1. The van der Waals surface area contributed by atoms with Gasteiger partial charge >= 0.3 is 5.97 Å². The van der Waals surface area contributed by atoms with E-state index >= 15 is 0 Å². The molecule has 1 aliphatic carbocycles. The predicted octanol–water partition coefficient (Wildman–Crippen LogP) is 6.16. The maximum absolute atomic E-state index is 13.5. The molecular formula is C24H31NO3S. The molecule has 0 atom stereocenters. The van der Waals surface area contributed by atoms with Crippen molar-refractivity contribution in [2.75, 3.05) is 11.5 Å². The summed E-state index contributed by atoms with van der Waals surface area (Å²) in [6.45, 7) is 8.40. The molecular weight excluding hydrogens is 382 g/mol. The fourth-order valence-corrected chi connectivity index (χ4v) is 5.24. The molecule has 1 saturated carbocycles. The van der Waals surface area contributed by atoms with Crippen LogP contribution in [-0.4, -0.2) is 24.5 Å². The minimum atomic E-state index is -0.364. The molecule has 156 valence electrons. The standard InChI is InChI=1S/C24H31NO3S/c1-5-28-24(27)20-15-21(18-9-7-6-8-10-18)29-23(20)25(16(2)3)22(26)19-13-11-17(4)12-14-19/h6-10,15-17,19H,5,11-14H2,1-4H3. The maximum Gasteiger partial charge on any atom is 0.341 e. The number of benzene rings is 1. The molecule has 5 heteroatoms. The highest BCUT2D eigenvalue weighted by atomic mass is 32.1. The molecule has 1 heterocycles. The van der Waals surface area contributed by atoms with Gasteiger partial charge in [-0.15, -0.1) is 11.3 Å². The van der Waals surface area contributed by atoms with Crippen molar-refractivity contribution in [3.63, 3.8) is 0 Å². The van der Waals surface area contributed by atoms with Crippen molar-refractivity contribution in [1.29, 1.82) is 0 Å². The van der Waals surface area contributed by atoms with E-state index in [4.69, 9.17) is 4.74 Å². The van der Waals surface area contributed by atoms with Crippen LogP contribution in [0.3, 0.4) is 0 Å². The van der Waals surface area contributed by atoms with Crippen molar-refractivity contribution in [2.45, 2.75) is 59.4 Å². The van der Waals surface area contributed by atoms with Gasteiger partial charge in [-0.25, -0.2) is 4.79 Å². The molecule has 0 spiro atoms. The minimum Gasteiger partial charge on any atom is -0.462 e. The Bertz CT molecular complexity index is 835. The van der Waals surface area contributed by atoms with Crippen molar-refractivity contribution in [3.05, 3.63) is 42.0 Å². The molecule has 3 rings (SSSR count). The number of ether oxygens (including phenoxy) is 1. The zero-order valence-corrected chi connectivity index (χ0v) is 18.6. The zero-order chi connectivity index (χ0) is 21.0. The van der Waals surface area contributed by atoms with Crippen LogP contribution in [0.15, 0.2) is 36.4 Å². The van der Waals surface area contributed by atoms with Crippen LogP contribution in [0, 0.1) is 11.8 Å². The number of thiophene rings is 1. The van der Waals surface area contributed by atoms with Crippen molar-refractivity contribution < 1.29 is 14.3 Å². The van der Waals surface area contributed by atoms with Gasteiger partial charge in [-0.2, -0.15) is 0 Å². The summed E-state index contributed by atoms with van der Waals surface area (Å²) < 4.78 is 5.32. The quantitative estimate of drug-likeness (QED) is 0.533. The Hall–Kier alpha value is -2.14. The van der Waals surface area contributed by atoms with Gasteiger partial charge in [-0.1, -0.05) is 37.3 Å². The molecule has 0 unspecified atom stereocenters. The first kappa shape index (κ1) is 21.6. The second kappa shape index (κ2) is 9.57. The smallest absolute Gasteiger partial charge is 0.341 e. The van der Waals surface area contributed by atoms with Crippen LogP contribution in [0.25, 0.3) is 10.4 Å². The Kier molecular flexibility index (Phi) is 7.12. The van der Waals surface area contributed by atoms with Gasteiger partial charge < -0.3 is 9.64 Å². The van der Waals surface area contributed by atoms with Crippen LogP contribution in [0.4, 0.5) is 5.00 Å². The van der Waals surface area contributed by atoms with E-state index in [-0.39, 0.29) is 23.8 Å². The second-order valence-electron chi connectivity index (χ2n) is 8.17. The molecule has 1 fully saturated rings. The van der Waals surface area contributed by atoms with Gasteiger partial charge in [0.05, 0.1) is 12.2 Å². The third-order valence-electron chi connectivity index (χ3n) is 5.60. The summed E-state index contributed by atoms with van der Waals surface area (Å²) in [5.41, 5.74) is 1.53. The van der Waals surface area contributed by atoms with Crippen LogP contribution in [0.1, 0.15) is 63.7 Å². The van der Waals surface area contributed by atoms with E-state index < -0.39 is 0 Å². The van der Waals surface area contributed by atoms with E-state index in [2.05, 4.69) is 6.92 Å². The number of carbonyl (C=O) groups excluding carboxylic acids is 2. The number of rotatable bonds is 6. The Morgan fingerprint density at radius 1 is 1.14 bits per heavy atom. The molecule has 0 bridgehead atoms. The number of nitrogens with zero attached hydrogens (tertiary/aromatic N) is 1. The molecule has 4 nitrogen and oxygen atoms in total. The molecule has 0 radical (unpaired) electrons. The highest BCUT2D eigenvalue weighted by Crippen LogP contribution is 2.41. The van der Waals surface area contributed by atoms with Crippen LogP contribution in [0.5, 0.6) is 0 Å². The first-order valence-electron chi connectivity index (χ1n) is 10.6. The fraction of sp³-hybridized carbons (Fsp3) is 0.500. The van der Waals surface area contributed by atoms with Crippen LogP contribution in [-0.2, 0) is 9.53 Å². The number of hydrogen-bond acceptors (Lipinski definition) is 4. The summed E-state index contributed by atoms with van der Waals surface area (Å²) >= 11 is 1.50. The third-order valence-corrected chi connectivity index (χ3v) is 6.79. The highest BCUT2D eigenvalue weighted by Gasteiger charge is 2.33. The van der Waals surface area contributed by atoms with E-state index in [0.717, 1.165) is 36.1 Å². The van der Waals surface area contributed by atoms with Crippen molar-refractivity contribution in [3.8, 4) is 10.4 Å². The fourth-order valence-electron chi connectivity index (χ4n) is 3.95. The summed E-state index contributed by atoms with van der Waals surface area (Å²) in [6, 6.07) is 11.8. The van der Waals surface area contributed by atoms with Gasteiger partial charge in [-0.05, 0) is 64.0 Å². The van der Waals surface area contributed by atoms with E-state index in [9.17, 15) is 9.59 Å². The van der Waals surface area contributed by atoms with Gasteiger partial charge in [0.1, 0.15) is 5.00 Å². The lowest BCUT2D eigenvalue weighted by molar-refractivity contribution is -0.123. The monoisotopic (exact) mass is 413 g/mol. The SMILES string of the molecule is CCOC(=O)c1cc(-c2ccccc2)sc1N(C(=O)C1CCC(C)CC1)C(C)C. The molecule has 1 aliphatic rings. The summed E-state index contributed by atoms with van der Waals surface area (Å²) in [7, 11) is 0. The second-order valence-corrected chi connectivity index (χ2v) is 9.21. The first-order chi connectivity index (χ1) is 13.9. The van der Waals surface area contributed by atoms with Crippen LogP contribution in [0.2, 0.25) is 0 Å². The molecule has 0 saturated heterocycles. The third kappa shape index (κ3) is 4.89. The van der Waals surface area contributed by atoms with E-state index in [1.807, 2.05) is 55.1 Å². The van der Waals surface area contributed by atoms with Crippen molar-refractivity contribution in [2.24, 2.45) is 11.8 Å². The number of amides is 1. The minimum absolute atomic E-state index is 0.0303. The number of hydrogen-bond donors (Lipinski definition) is 0. The molecule has 29 heavy (non-hydrogen) atoms. The molecule has 1 aromatic carbocycles. The van der Waals surface area contributed by atoms with Crippen LogP contribution < -0.4 is 4.90 Å². The molecule has 1 amide bonds. The largest absolute Gasteiger partial charge is 0.462 e. The van der Waals surface area contributed by atoms with E-state index in [1.165, 1.54) is 11.3 Å². The summed E-state index contributed by atoms with van der Waals surface area (Å²) in [4.78, 5) is 29.0. The molecule has 0 aliphatic heterocycles. The van der Waals surface area contributed by atoms with Crippen LogP contribution >= 0.6 is 11.3 Å². The number of anilines is 1. The first-order valence-corrected chi connectivity index (χ1v) is 11.4. The lowest BCUT2D eigenvalue weighted by atomic mass is 9.82. The summed E-state index contributed by atoms with van der Waals surface area (Å²) in [5.74, 6) is 0.495. The Balaban J connectivity index is 2.01. The molecule has 1 aromatic heterocycles. The molecule has 0 N–H and O–H groups in total. The Labute approximate surface area is 177 Å². The van der Waals surface area contributed by atoms with E-state index in [1.54, 1.807) is 6.92 Å². The van der Waals surface area contributed by atoms with Crippen molar-refractivity contribution in [1.82, 2.24) is 0 Å². The van der Waals surface area contributed by atoms with Gasteiger partial charge in [-0.3, -0.25) is 4.79 Å². The average molecular weight is 414 g/mol. The Morgan fingerprint density at radius 2 is 1.79 bits per heavy atom. The summed E-state index contributed by atoms with van der Waals surface area (Å²) in [5, 5.41) is 0.709. The van der Waals surface area contributed by atoms with Gasteiger partial charge in [0, 0.05) is 16.8 Å². The lowest BCUT2D eigenvalue weighted by Crippen LogP contribution is -2.42. The lowest BCUT2D eigenvalue weighted by Gasteiger charge is -2.33. The van der Waals surface area contributed by atoms with Crippen molar-refractivity contribution >= 4 is 28.2 Å². The number of carbonyl (C=O) groups is 2.